The SMILES string of the molecule is Cn1nc(-c2ccc3c(c2)CCC(=O)N3)cc1C(=O)O. The van der Waals surface area contributed by atoms with Gasteiger partial charge < -0.3 is 10.4 Å². The van der Waals surface area contributed by atoms with E-state index in [0.717, 1.165) is 16.8 Å². The van der Waals surface area contributed by atoms with Gasteiger partial charge in [-0.15, -0.1) is 0 Å². The van der Waals surface area contributed by atoms with Gasteiger partial charge in [-0.1, -0.05) is 6.07 Å². The molecule has 2 heterocycles. The first-order valence-corrected chi connectivity index (χ1v) is 6.25. The van der Waals surface area contributed by atoms with Crippen molar-refractivity contribution >= 4 is 17.6 Å². The normalized spacial score (nSPS) is 13.8. The predicted molar refractivity (Wildman–Crippen MR) is 72.6 cm³/mol. The number of nitrogens with one attached hydrogen (secondary N) is 1. The Kier molecular flexibility index (Phi) is 2.78. The third-order valence-corrected chi connectivity index (χ3v) is 3.40. The summed E-state index contributed by atoms with van der Waals surface area (Å²) in [5.74, 6) is -0.979. The monoisotopic (exact) mass is 271 g/mol. The van der Waals surface area contributed by atoms with Crippen molar-refractivity contribution in [1.82, 2.24) is 9.78 Å². The van der Waals surface area contributed by atoms with E-state index < -0.39 is 5.97 Å². The number of carbonyl (C=O) groups excluding carboxylic acids is 1. The Hall–Kier alpha value is -2.63. The Morgan fingerprint density at radius 3 is 2.85 bits per heavy atom. The smallest absolute Gasteiger partial charge is 0.354 e. The maximum atomic E-state index is 11.3. The number of anilines is 1. The second kappa shape index (κ2) is 4.48. The van der Waals surface area contributed by atoms with Gasteiger partial charge in [-0.05, 0) is 30.2 Å². The number of fused-ring (bicyclic) bond motifs is 1. The van der Waals surface area contributed by atoms with Crippen molar-refractivity contribution in [3.63, 3.8) is 0 Å². The highest BCUT2D eigenvalue weighted by Gasteiger charge is 2.17. The summed E-state index contributed by atoms with van der Waals surface area (Å²) < 4.78 is 1.35. The van der Waals surface area contributed by atoms with Gasteiger partial charge in [-0.3, -0.25) is 9.48 Å². The number of hydrogen-bond donors (Lipinski definition) is 2. The van der Waals surface area contributed by atoms with Crippen molar-refractivity contribution < 1.29 is 14.7 Å². The number of benzene rings is 1. The van der Waals surface area contributed by atoms with Crippen LogP contribution in [0.2, 0.25) is 0 Å². The number of carboxylic acids is 1. The fourth-order valence-corrected chi connectivity index (χ4v) is 2.35. The highest BCUT2D eigenvalue weighted by molar-refractivity contribution is 5.94. The second-order valence-corrected chi connectivity index (χ2v) is 4.76. The molecular weight excluding hydrogens is 258 g/mol. The van der Waals surface area contributed by atoms with Gasteiger partial charge in [0.2, 0.25) is 5.91 Å². The van der Waals surface area contributed by atoms with Crippen LogP contribution in [0.1, 0.15) is 22.5 Å². The number of amides is 1. The van der Waals surface area contributed by atoms with E-state index in [1.54, 1.807) is 13.1 Å². The largest absolute Gasteiger partial charge is 0.477 e. The van der Waals surface area contributed by atoms with Crippen molar-refractivity contribution in [2.24, 2.45) is 7.05 Å². The van der Waals surface area contributed by atoms with Crippen LogP contribution in [-0.2, 0) is 18.3 Å². The third kappa shape index (κ3) is 2.05. The molecule has 1 aliphatic rings. The van der Waals surface area contributed by atoms with Crippen molar-refractivity contribution in [1.29, 1.82) is 0 Å². The van der Waals surface area contributed by atoms with Crippen molar-refractivity contribution in [2.75, 3.05) is 5.32 Å². The zero-order valence-corrected chi connectivity index (χ0v) is 10.9. The minimum Gasteiger partial charge on any atom is -0.477 e. The van der Waals surface area contributed by atoms with Crippen LogP contribution in [0, 0.1) is 0 Å². The molecule has 0 fully saturated rings. The van der Waals surface area contributed by atoms with Gasteiger partial charge >= 0.3 is 5.97 Å². The van der Waals surface area contributed by atoms with Crippen molar-refractivity contribution in [3.8, 4) is 11.3 Å². The van der Waals surface area contributed by atoms with Crippen LogP contribution in [-0.4, -0.2) is 26.8 Å². The molecule has 1 aromatic carbocycles. The first kappa shape index (κ1) is 12.4. The molecule has 102 valence electrons. The molecule has 1 aliphatic heterocycles. The van der Waals surface area contributed by atoms with E-state index in [1.807, 2.05) is 18.2 Å². The first-order chi connectivity index (χ1) is 9.54. The molecule has 0 aliphatic carbocycles. The zero-order chi connectivity index (χ0) is 14.3. The Balaban J connectivity index is 2.01. The summed E-state index contributed by atoms with van der Waals surface area (Å²) in [6.07, 6.45) is 1.16. The van der Waals surface area contributed by atoms with Crippen LogP contribution in [0.4, 0.5) is 5.69 Å². The molecule has 6 nitrogen and oxygen atoms in total. The number of nitrogens with zero attached hydrogens (tertiary/aromatic N) is 2. The molecule has 0 bridgehead atoms. The molecule has 2 N–H and O–H groups in total. The number of aryl methyl sites for hydroxylation is 2. The summed E-state index contributed by atoms with van der Waals surface area (Å²) >= 11 is 0. The fraction of sp³-hybridized carbons (Fsp3) is 0.214. The molecule has 1 aromatic heterocycles. The van der Waals surface area contributed by atoms with Crippen LogP contribution < -0.4 is 5.32 Å². The van der Waals surface area contributed by atoms with Gasteiger partial charge in [0.1, 0.15) is 5.69 Å². The lowest BCUT2D eigenvalue weighted by molar-refractivity contribution is -0.116. The van der Waals surface area contributed by atoms with Gasteiger partial charge in [-0.25, -0.2) is 4.79 Å². The standard InChI is InChI=1S/C14H13N3O3/c1-17-12(14(19)20)7-11(16-17)9-2-4-10-8(6-9)3-5-13(18)15-10/h2,4,6-7H,3,5H2,1H3,(H,15,18)(H,19,20). The second-order valence-electron chi connectivity index (χ2n) is 4.76. The number of hydrogen-bond acceptors (Lipinski definition) is 3. The fourth-order valence-electron chi connectivity index (χ4n) is 2.35. The van der Waals surface area contributed by atoms with Gasteiger partial charge in [0.15, 0.2) is 0 Å². The van der Waals surface area contributed by atoms with Crippen molar-refractivity contribution in [2.45, 2.75) is 12.8 Å². The lowest BCUT2D eigenvalue weighted by atomic mass is 9.99. The number of aromatic carboxylic acids is 1. The summed E-state index contributed by atoms with van der Waals surface area (Å²) in [7, 11) is 1.60. The highest BCUT2D eigenvalue weighted by Crippen LogP contribution is 2.28. The Morgan fingerprint density at radius 2 is 2.15 bits per heavy atom. The minimum absolute atomic E-state index is 0.0243. The molecule has 3 rings (SSSR count). The lowest BCUT2D eigenvalue weighted by Crippen LogP contribution is -2.18. The number of carbonyl (C=O) groups is 2. The van der Waals surface area contributed by atoms with Gasteiger partial charge in [0, 0.05) is 24.7 Å². The van der Waals surface area contributed by atoms with E-state index in [4.69, 9.17) is 5.11 Å². The molecule has 0 spiro atoms. The van der Waals surface area contributed by atoms with Crippen molar-refractivity contribution in [3.05, 3.63) is 35.5 Å². The molecule has 0 saturated heterocycles. The van der Waals surface area contributed by atoms with Gasteiger partial charge in [-0.2, -0.15) is 5.10 Å². The van der Waals surface area contributed by atoms with E-state index in [9.17, 15) is 9.59 Å². The summed E-state index contributed by atoms with van der Waals surface area (Å²) in [6.45, 7) is 0. The Morgan fingerprint density at radius 1 is 1.35 bits per heavy atom. The molecule has 1 amide bonds. The van der Waals surface area contributed by atoms with Crippen LogP contribution in [0.5, 0.6) is 0 Å². The molecule has 2 aromatic rings. The molecule has 0 radical (unpaired) electrons. The quantitative estimate of drug-likeness (QED) is 0.870. The van der Waals surface area contributed by atoms with Crippen LogP contribution in [0.25, 0.3) is 11.3 Å². The molecule has 20 heavy (non-hydrogen) atoms. The molecule has 6 heteroatoms. The average Bonchev–Trinajstić information content (AvgIpc) is 2.80. The maximum Gasteiger partial charge on any atom is 0.354 e. The molecule has 0 atom stereocenters. The van der Waals surface area contributed by atoms with E-state index in [1.165, 1.54) is 4.68 Å². The van der Waals surface area contributed by atoms with E-state index in [-0.39, 0.29) is 11.6 Å². The summed E-state index contributed by atoms with van der Waals surface area (Å²) in [6, 6.07) is 7.16. The highest BCUT2D eigenvalue weighted by atomic mass is 16.4. The minimum atomic E-state index is -1.00. The molecular formula is C14H13N3O3. The van der Waals surface area contributed by atoms with Gasteiger partial charge in [0.25, 0.3) is 0 Å². The topological polar surface area (TPSA) is 84.2 Å². The van der Waals surface area contributed by atoms with Crippen LogP contribution in [0.3, 0.4) is 0 Å². The van der Waals surface area contributed by atoms with E-state index >= 15 is 0 Å². The van der Waals surface area contributed by atoms with E-state index in [2.05, 4.69) is 10.4 Å². The third-order valence-electron chi connectivity index (χ3n) is 3.40. The maximum absolute atomic E-state index is 11.3. The number of rotatable bonds is 2. The van der Waals surface area contributed by atoms with Crippen LogP contribution in [0.15, 0.2) is 24.3 Å². The first-order valence-electron chi connectivity index (χ1n) is 6.25. The van der Waals surface area contributed by atoms with Crippen LogP contribution >= 0.6 is 0 Å². The van der Waals surface area contributed by atoms with E-state index in [0.29, 0.717) is 18.5 Å². The summed E-state index contributed by atoms with van der Waals surface area (Å²) in [5.41, 5.74) is 3.47. The predicted octanol–water partition coefficient (Wildman–Crippen LogP) is 1.67. The lowest BCUT2D eigenvalue weighted by Gasteiger charge is -2.17. The molecule has 0 unspecified atom stereocenters. The molecule has 0 saturated carbocycles. The number of carboxylic acid groups (broad SMARTS) is 1. The Bertz CT molecular complexity index is 718. The van der Waals surface area contributed by atoms with Gasteiger partial charge in [0.05, 0.1) is 5.69 Å². The zero-order valence-electron chi connectivity index (χ0n) is 10.9. The Labute approximate surface area is 115 Å². The summed E-state index contributed by atoms with van der Waals surface area (Å²) in [5, 5.41) is 16.1. The average molecular weight is 271 g/mol. The summed E-state index contributed by atoms with van der Waals surface area (Å²) in [4.78, 5) is 22.3. The number of aromatic nitrogens is 2.